The van der Waals surface area contributed by atoms with Crippen molar-refractivity contribution in [3.63, 3.8) is 0 Å². The Labute approximate surface area is 185 Å². The molecular weight excluding hydrogens is 408 g/mol. The molecule has 4 nitrogen and oxygen atoms in total. The van der Waals surface area contributed by atoms with E-state index in [4.69, 9.17) is 16.3 Å². The van der Waals surface area contributed by atoms with Crippen LogP contribution in [0.1, 0.15) is 22.6 Å². The number of ether oxygens (including phenoxy) is 1. The van der Waals surface area contributed by atoms with Crippen LogP contribution in [-0.4, -0.2) is 24.2 Å². The van der Waals surface area contributed by atoms with E-state index in [1.165, 1.54) is 22.3 Å². The second kappa shape index (κ2) is 8.32. The van der Waals surface area contributed by atoms with E-state index in [2.05, 4.69) is 34.6 Å². The average molecular weight is 429 g/mol. The highest BCUT2D eigenvalue weighted by Gasteiger charge is 2.28. The summed E-state index contributed by atoms with van der Waals surface area (Å²) in [5.41, 5.74) is 6.73. The Bertz CT molecular complexity index is 1250. The van der Waals surface area contributed by atoms with Gasteiger partial charge in [-0.25, -0.2) is 4.79 Å². The third kappa shape index (κ3) is 3.82. The number of nitrogens with one attached hydrogen (secondary N) is 2. The second-order valence-corrected chi connectivity index (χ2v) is 7.95. The molecule has 3 aromatic carbocycles. The molecule has 0 unspecified atom stereocenters. The van der Waals surface area contributed by atoms with Gasteiger partial charge in [0, 0.05) is 34.6 Å². The quantitative estimate of drug-likeness (QED) is 0.388. The van der Waals surface area contributed by atoms with E-state index in [1.54, 1.807) is 0 Å². The number of hydrogen-bond donors (Lipinski definition) is 2. The number of halogens is 1. The number of carbonyl (C=O) groups excluding carboxylic acids is 1. The second-order valence-electron chi connectivity index (χ2n) is 7.55. The Balaban J connectivity index is 1.19. The monoisotopic (exact) mass is 428 g/mol. The highest BCUT2D eigenvalue weighted by molar-refractivity contribution is 6.32. The van der Waals surface area contributed by atoms with Crippen molar-refractivity contribution in [2.24, 2.45) is 0 Å². The lowest BCUT2D eigenvalue weighted by Gasteiger charge is -2.14. The number of fused-ring (bicyclic) bond motifs is 4. The maximum atomic E-state index is 12.2. The minimum Gasteiger partial charge on any atom is -0.449 e. The first-order chi connectivity index (χ1) is 15.2. The van der Waals surface area contributed by atoms with Crippen molar-refractivity contribution in [2.45, 2.75) is 5.92 Å². The first-order valence-corrected chi connectivity index (χ1v) is 10.6. The van der Waals surface area contributed by atoms with Crippen LogP contribution in [0, 0.1) is 0 Å². The van der Waals surface area contributed by atoms with E-state index in [-0.39, 0.29) is 5.92 Å². The molecule has 0 spiro atoms. The van der Waals surface area contributed by atoms with Gasteiger partial charge in [0.2, 0.25) is 0 Å². The fraction of sp³-hybridized carbons (Fsp3) is 0.115. The van der Waals surface area contributed by atoms with E-state index in [9.17, 15) is 4.79 Å². The van der Waals surface area contributed by atoms with Gasteiger partial charge in [-0.15, -0.1) is 0 Å². The highest BCUT2D eigenvalue weighted by atomic mass is 35.5. The number of carbonyl (C=O) groups is 1. The number of benzene rings is 3. The van der Waals surface area contributed by atoms with Gasteiger partial charge in [-0.05, 0) is 46.0 Å². The lowest BCUT2D eigenvalue weighted by Crippen LogP contribution is -2.26. The Morgan fingerprint density at radius 3 is 2.48 bits per heavy atom. The number of aromatic nitrogens is 1. The van der Waals surface area contributed by atoms with Gasteiger partial charge in [-0.3, -0.25) is 0 Å². The normalized spacial score (nSPS) is 12.8. The molecule has 1 aromatic heterocycles. The van der Waals surface area contributed by atoms with Gasteiger partial charge in [0.1, 0.15) is 6.61 Å². The Morgan fingerprint density at radius 1 is 1.03 bits per heavy atom. The third-order valence-corrected chi connectivity index (χ3v) is 6.00. The summed E-state index contributed by atoms with van der Waals surface area (Å²) in [6.45, 7) is 0.664. The molecule has 0 atom stereocenters. The van der Waals surface area contributed by atoms with Crippen molar-refractivity contribution in [1.82, 2.24) is 10.3 Å². The predicted molar refractivity (Wildman–Crippen MR) is 125 cm³/mol. The summed E-state index contributed by atoms with van der Waals surface area (Å²) in [6, 6.07) is 22.5. The van der Waals surface area contributed by atoms with E-state index >= 15 is 0 Å². The van der Waals surface area contributed by atoms with Crippen molar-refractivity contribution in [3.8, 4) is 11.1 Å². The van der Waals surface area contributed by atoms with Crippen molar-refractivity contribution >= 4 is 34.7 Å². The summed E-state index contributed by atoms with van der Waals surface area (Å²) in [4.78, 5) is 15.4. The lowest BCUT2D eigenvalue weighted by molar-refractivity contribution is 0.144. The van der Waals surface area contributed by atoms with Crippen molar-refractivity contribution in [1.29, 1.82) is 0 Å². The molecule has 0 fully saturated rings. The molecule has 5 rings (SSSR count). The molecule has 154 valence electrons. The molecule has 1 aliphatic carbocycles. The number of amides is 1. The Kier molecular flexibility index (Phi) is 5.23. The van der Waals surface area contributed by atoms with Crippen LogP contribution in [0.4, 0.5) is 4.79 Å². The molecular formula is C26H21ClN2O2. The van der Waals surface area contributed by atoms with E-state index in [1.807, 2.05) is 60.8 Å². The van der Waals surface area contributed by atoms with Crippen LogP contribution in [0.3, 0.4) is 0 Å². The smallest absolute Gasteiger partial charge is 0.407 e. The van der Waals surface area contributed by atoms with Gasteiger partial charge in [-0.2, -0.15) is 0 Å². The van der Waals surface area contributed by atoms with Gasteiger partial charge in [0.25, 0.3) is 0 Å². The van der Waals surface area contributed by atoms with Gasteiger partial charge < -0.3 is 15.0 Å². The van der Waals surface area contributed by atoms with Gasteiger partial charge in [0.15, 0.2) is 0 Å². The molecule has 31 heavy (non-hydrogen) atoms. The molecule has 4 aromatic rings. The SMILES string of the molecule is O=C(NCC=Cc1cc2cc[nH]c2cc1Cl)OCC1c2ccccc2-c2ccccc21. The Hall–Kier alpha value is -3.50. The Morgan fingerprint density at radius 2 is 1.74 bits per heavy atom. The first kappa shape index (κ1) is 19.5. The summed E-state index contributed by atoms with van der Waals surface area (Å²) in [5, 5.41) is 4.53. The molecule has 5 heteroatoms. The minimum absolute atomic E-state index is 0.0561. The lowest BCUT2D eigenvalue weighted by atomic mass is 9.98. The largest absolute Gasteiger partial charge is 0.449 e. The zero-order chi connectivity index (χ0) is 21.2. The van der Waals surface area contributed by atoms with Gasteiger partial charge >= 0.3 is 6.09 Å². The van der Waals surface area contributed by atoms with E-state index < -0.39 is 6.09 Å². The van der Waals surface area contributed by atoms with Crippen LogP contribution < -0.4 is 5.32 Å². The van der Waals surface area contributed by atoms with Crippen LogP contribution in [0.25, 0.3) is 28.1 Å². The fourth-order valence-corrected chi connectivity index (χ4v) is 4.42. The molecule has 0 bridgehead atoms. The van der Waals surface area contributed by atoms with Crippen molar-refractivity contribution in [2.75, 3.05) is 13.2 Å². The number of hydrogen-bond acceptors (Lipinski definition) is 2. The summed E-state index contributed by atoms with van der Waals surface area (Å²) in [5.74, 6) is 0.0561. The molecule has 1 amide bonds. The maximum Gasteiger partial charge on any atom is 0.407 e. The third-order valence-electron chi connectivity index (χ3n) is 5.68. The standard InChI is InChI=1S/C26H21ClN2O2/c27-24-15-25-18(11-13-28-25)14-17(24)6-5-12-29-26(30)31-16-23-21-9-3-1-7-19(21)20-8-2-4-10-22(20)23/h1-11,13-15,23,28H,12,16H2,(H,29,30). The molecule has 0 saturated heterocycles. The number of alkyl carbamates (subject to hydrolysis) is 1. The van der Waals surface area contributed by atoms with Gasteiger partial charge in [-0.1, -0.05) is 72.3 Å². The van der Waals surface area contributed by atoms with Crippen LogP contribution >= 0.6 is 11.6 Å². The molecule has 0 aliphatic heterocycles. The van der Waals surface area contributed by atoms with Crippen molar-refractivity contribution in [3.05, 3.63) is 101 Å². The summed E-state index contributed by atoms with van der Waals surface area (Å²) >= 11 is 6.32. The minimum atomic E-state index is -0.432. The topological polar surface area (TPSA) is 54.1 Å². The zero-order valence-corrected chi connectivity index (χ0v) is 17.5. The summed E-state index contributed by atoms with van der Waals surface area (Å²) < 4.78 is 5.55. The maximum absolute atomic E-state index is 12.2. The summed E-state index contributed by atoms with van der Waals surface area (Å²) in [6.07, 6.45) is 5.21. The molecule has 1 heterocycles. The summed E-state index contributed by atoms with van der Waals surface area (Å²) in [7, 11) is 0. The van der Waals surface area contributed by atoms with Crippen LogP contribution in [0.5, 0.6) is 0 Å². The molecule has 2 N–H and O–H groups in total. The van der Waals surface area contributed by atoms with Gasteiger partial charge in [0.05, 0.1) is 0 Å². The molecule has 0 saturated carbocycles. The zero-order valence-electron chi connectivity index (χ0n) is 16.8. The first-order valence-electron chi connectivity index (χ1n) is 10.2. The van der Waals surface area contributed by atoms with Crippen LogP contribution in [0.2, 0.25) is 5.02 Å². The predicted octanol–water partition coefficient (Wildman–Crippen LogP) is 6.37. The highest BCUT2D eigenvalue weighted by Crippen LogP contribution is 2.44. The number of rotatable bonds is 5. The number of H-pyrrole nitrogens is 1. The number of aromatic amines is 1. The molecule has 0 radical (unpaired) electrons. The average Bonchev–Trinajstić information content (AvgIpc) is 3.37. The molecule has 1 aliphatic rings. The van der Waals surface area contributed by atoms with E-state index in [0.717, 1.165) is 16.5 Å². The van der Waals surface area contributed by atoms with Crippen LogP contribution in [0.15, 0.2) is 79.0 Å². The van der Waals surface area contributed by atoms with Crippen molar-refractivity contribution < 1.29 is 9.53 Å². The fourth-order valence-electron chi connectivity index (χ4n) is 4.20. The van der Waals surface area contributed by atoms with E-state index in [0.29, 0.717) is 18.2 Å². The van der Waals surface area contributed by atoms with Crippen LogP contribution in [-0.2, 0) is 4.74 Å².